The molecule has 3 aromatic rings. The summed E-state index contributed by atoms with van der Waals surface area (Å²) in [5, 5.41) is 14.8. The molecule has 1 aromatic carbocycles. The van der Waals surface area contributed by atoms with E-state index in [-0.39, 0.29) is 17.4 Å². The van der Waals surface area contributed by atoms with Gasteiger partial charge < -0.3 is 10.3 Å². The number of para-hydroxylation sites is 1. The molecular weight excluding hydrogens is 274 g/mol. The minimum Gasteiger partial charge on any atom is -0.384 e. The van der Waals surface area contributed by atoms with Crippen molar-refractivity contribution < 1.29 is 9.45 Å². The number of aromatic nitrogens is 3. The molecule has 0 fully saturated rings. The number of anilines is 1. The van der Waals surface area contributed by atoms with Gasteiger partial charge in [0.05, 0.1) is 4.92 Å². The van der Waals surface area contributed by atoms with E-state index in [0.29, 0.717) is 16.9 Å². The van der Waals surface area contributed by atoms with Crippen LogP contribution in [0.3, 0.4) is 0 Å². The van der Waals surface area contributed by atoms with E-state index < -0.39 is 4.92 Å². The van der Waals surface area contributed by atoms with E-state index >= 15 is 0 Å². The summed E-state index contributed by atoms with van der Waals surface area (Å²) < 4.78 is 5.13. The lowest BCUT2D eigenvalue weighted by molar-refractivity contribution is -0.384. The lowest BCUT2D eigenvalue weighted by Gasteiger charge is -1.96. The molecule has 8 nitrogen and oxygen atoms in total. The van der Waals surface area contributed by atoms with E-state index in [4.69, 9.17) is 10.3 Å². The van der Waals surface area contributed by atoms with Crippen molar-refractivity contribution >= 4 is 11.5 Å². The Morgan fingerprint density at radius 1 is 1.24 bits per heavy atom. The third kappa shape index (κ3) is 2.41. The average Bonchev–Trinajstić information content (AvgIpc) is 2.97. The molecule has 0 aliphatic heterocycles. The molecular formula is C13H9N5O3. The Morgan fingerprint density at radius 2 is 2.05 bits per heavy atom. The number of hydrogen-bond donors (Lipinski definition) is 1. The van der Waals surface area contributed by atoms with Gasteiger partial charge in [0.25, 0.3) is 11.6 Å². The van der Waals surface area contributed by atoms with E-state index in [2.05, 4.69) is 15.1 Å². The summed E-state index contributed by atoms with van der Waals surface area (Å²) in [7, 11) is 0. The summed E-state index contributed by atoms with van der Waals surface area (Å²) in [6, 6.07) is 9.43. The van der Waals surface area contributed by atoms with Gasteiger partial charge in [-0.1, -0.05) is 17.3 Å². The summed E-state index contributed by atoms with van der Waals surface area (Å²) in [6.07, 6.45) is 1.51. The maximum atomic E-state index is 11.0. The summed E-state index contributed by atoms with van der Waals surface area (Å²) in [4.78, 5) is 18.6. The van der Waals surface area contributed by atoms with Gasteiger partial charge in [0.2, 0.25) is 5.82 Å². The van der Waals surface area contributed by atoms with Crippen LogP contribution in [-0.4, -0.2) is 20.0 Å². The SMILES string of the molecule is Nc1cc(-c2nc(-c3ccccc3[N+](=O)[O-])no2)ccn1. The van der Waals surface area contributed by atoms with Crippen LogP contribution in [0.4, 0.5) is 11.5 Å². The van der Waals surface area contributed by atoms with Crippen molar-refractivity contribution in [2.24, 2.45) is 0 Å². The Morgan fingerprint density at radius 3 is 2.81 bits per heavy atom. The second-order valence-corrected chi connectivity index (χ2v) is 4.17. The van der Waals surface area contributed by atoms with Crippen LogP contribution in [0.5, 0.6) is 0 Å². The molecule has 0 amide bonds. The van der Waals surface area contributed by atoms with Gasteiger partial charge in [-0.2, -0.15) is 4.98 Å². The van der Waals surface area contributed by atoms with Crippen LogP contribution < -0.4 is 5.73 Å². The van der Waals surface area contributed by atoms with Crippen molar-refractivity contribution in [2.75, 3.05) is 5.73 Å². The molecule has 2 aromatic heterocycles. The van der Waals surface area contributed by atoms with Crippen LogP contribution in [-0.2, 0) is 0 Å². The monoisotopic (exact) mass is 283 g/mol. The van der Waals surface area contributed by atoms with Crippen LogP contribution in [0.25, 0.3) is 22.8 Å². The molecule has 2 heterocycles. The first-order valence-corrected chi connectivity index (χ1v) is 5.94. The molecule has 3 rings (SSSR count). The van der Waals surface area contributed by atoms with E-state index in [0.717, 1.165) is 0 Å². The highest BCUT2D eigenvalue weighted by Crippen LogP contribution is 2.29. The average molecular weight is 283 g/mol. The highest BCUT2D eigenvalue weighted by Gasteiger charge is 2.19. The van der Waals surface area contributed by atoms with Crippen LogP contribution in [0, 0.1) is 10.1 Å². The standard InChI is InChI=1S/C13H9N5O3/c14-11-7-8(5-6-15-11)13-16-12(17-21-13)9-3-1-2-4-10(9)18(19)20/h1-7H,(H2,14,15). The number of hydrogen-bond acceptors (Lipinski definition) is 7. The number of benzene rings is 1. The van der Waals surface area contributed by atoms with Gasteiger partial charge in [-0.3, -0.25) is 10.1 Å². The predicted molar refractivity (Wildman–Crippen MR) is 74.0 cm³/mol. The molecule has 0 aliphatic carbocycles. The van der Waals surface area contributed by atoms with Gasteiger partial charge in [-0.15, -0.1) is 0 Å². The van der Waals surface area contributed by atoms with E-state index in [1.807, 2.05) is 0 Å². The summed E-state index contributed by atoms with van der Waals surface area (Å²) in [5.41, 5.74) is 6.39. The second-order valence-electron chi connectivity index (χ2n) is 4.17. The van der Waals surface area contributed by atoms with Crippen LogP contribution in [0.2, 0.25) is 0 Å². The minimum absolute atomic E-state index is 0.0842. The van der Waals surface area contributed by atoms with Gasteiger partial charge in [0.1, 0.15) is 11.4 Å². The maximum absolute atomic E-state index is 11.0. The predicted octanol–water partition coefficient (Wildman–Crippen LogP) is 2.29. The normalized spacial score (nSPS) is 10.5. The quantitative estimate of drug-likeness (QED) is 0.578. The zero-order valence-electron chi connectivity index (χ0n) is 10.6. The number of rotatable bonds is 3. The zero-order chi connectivity index (χ0) is 14.8. The zero-order valence-corrected chi connectivity index (χ0v) is 10.6. The summed E-state index contributed by atoms with van der Waals surface area (Å²) in [6.45, 7) is 0. The fourth-order valence-electron chi connectivity index (χ4n) is 1.85. The van der Waals surface area contributed by atoms with Gasteiger partial charge in [-0.25, -0.2) is 4.98 Å². The summed E-state index contributed by atoms with van der Waals surface area (Å²) in [5.74, 6) is 0.683. The van der Waals surface area contributed by atoms with Crippen LogP contribution >= 0.6 is 0 Å². The van der Waals surface area contributed by atoms with E-state index in [1.165, 1.54) is 12.3 Å². The smallest absolute Gasteiger partial charge is 0.280 e. The minimum atomic E-state index is -0.490. The molecule has 0 radical (unpaired) electrons. The lowest BCUT2D eigenvalue weighted by Crippen LogP contribution is -1.92. The van der Waals surface area contributed by atoms with Gasteiger partial charge in [-0.05, 0) is 18.2 Å². The number of nitrogens with zero attached hydrogens (tertiary/aromatic N) is 4. The summed E-state index contributed by atoms with van der Waals surface area (Å²) >= 11 is 0. The Hall–Kier alpha value is -3.29. The first-order valence-electron chi connectivity index (χ1n) is 5.94. The van der Waals surface area contributed by atoms with Gasteiger partial charge in [0, 0.05) is 17.8 Å². The number of nitrogens with two attached hydrogens (primary N) is 1. The Labute approximate surface area is 118 Å². The van der Waals surface area contributed by atoms with Crippen LogP contribution in [0.15, 0.2) is 47.1 Å². The molecule has 0 aliphatic rings. The Balaban J connectivity index is 2.05. The molecule has 2 N–H and O–H groups in total. The molecule has 0 atom stereocenters. The number of nitro groups is 1. The molecule has 0 saturated carbocycles. The van der Waals surface area contributed by atoms with Crippen molar-refractivity contribution in [3.05, 3.63) is 52.7 Å². The van der Waals surface area contributed by atoms with Gasteiger partial charge in [0.15, 0.2) is 0 Å². The van der Waals surface area contributed by atoms with Crippen LogP contribution in [0.1, 0.15) is 0 Å². The first kappa shape index (κ1) is 12.7. The second kappa shape index (κ2) is 5.00. The molecule has 0 unspecified atom stereocenters. The molecule has 104 valence electrons. The van der Waals surface area contributed by atoms with Crippen molar-refractivity contribution in [1.82, 2.24) is 15.1 Å². The Kier molecular flexibility index (Phi) is 3.03. The molecule has 0 spiro atoms. The van der Waals surface area contributed by atoms with Crippen molar-refractivity contribution in [3.63, 3.8) is 0 Å². The third-order valence-electron chi connectivity index (χ3n) is 2.80. The van der Waals surface area contributed by atoms with Gasteiger partial charge >= 0.3 is 0 Å². The largest absolute Gasteiger partial charge is 0.384 e. The molecule has 8 heteroatoms. The topological polar surface area (TPSA) is 121 Å². The lowest BCUT2D eigenvalue weighted by atomic mass is 10.1. The van der Waals surface area contributed by atoms with Crippen molar-refractivity contribution in [2.45, 2.75) is 0 Å². The fraction of sp³-hybridized carbons (Fsp3) is 0. The molecule has 21 heavy (non-hydrogen) atoms. The first-order chi connectivity index (χ1) is 10.1. The number of nitrogen functional groups attached to an aromatic ring is 1. The molecule has 0 bridgehead atoms. The maximum Gasteiger partial charge on any atom is 0.280 e. The number of pyridine rings is 1. The van der Waals surface area contributed by atoms with Crippen molar-refractivity contribution in [3.8, 4) is 22.8 Å². The van der Waals surface area contributed by atoms with Crippen molar-refractivity contribution in [1.29, 1.82) is 0 Å². The van der Waals surface area contributed by atoms with E-state index in [9.17, 15) is 10.1 Å². The highest BCUT2D eigenvalue weighted by molar-refractivity contribution is 5.69. The molecule has 0 saturated heterocycles. The Bertz CT molecular complexity index is 815. The third-order valence-corrected chi connectivity index (χ3v) is 2.80. The number of nitro benzene ring substituents is 1. The fourth-order valence-corrected chi connectivity index (χ4v) is 1.85. The van der Waals surface area contributed by atoms with E-state index in [1.54, 1.807) is 30.3 Å². The highest BCUT2D eigenvalue weighted by atomic mass is 16.6.